The van der Waals surface area contributed by atoms with Gasteiger partial charge in [0, 0.05) is 57.2 Å². The van der Waals surface area contributed by atoms with Gasteiger partial charge >= 0.3 is 28.0 Å². The van der Waals surface area contributed by atoms with Crippen LogP contribution in [0.5, 0.6) is 11.5 Å². The number of benzene rings is 5. The summed E-state index contributed by atoms with van der Waals surface area (Å²) < 4.78 is 8.96. The van der Waals surface area contributed by atoms with E-state index in [1.165, 1.54) is 38.8 Å². The van der Waals surface area contributed by atoms with Crippen molar-refractivity contribution in [2.45, 2.75) is 38.5 Å². The van der Waals surface area contributed by atoms with Crippen LogP contribution in [0.2, 0.25) is 0 Å². The summed E-state index contributed by atoms with van der Waals surface area (Å²) in [4.78, 5) is 14.6. The third-order valence-corrected chi connectivity index (χ3v) is 12.0. The molecule has 0 atom stereocenters. The fraction of sp³-hybridized carbons (Fsp3) is 0.136. The van der Waals surface area contributed by atoms with Crippen LogP contribution in [0.25, 0.3) is 38.4 Å². The number of imidazole rings is 1. The van der Waals surface area contributed by atoms with Gasteiger partial charge in [-0.25, -0.2) is 4.98 Å². The standard InChI is InChI=1S/C44H32BN5O.Pt/c1-43(2)35-17-10-16-33-30-22-21-29(25-34(30)41-47-26-39(44(43,3)4)48(41)40(33)35)51-28-13-9-12-27(24-28)49-42-38(20-11-23-46-42)50-37-19-8-6-15-32(37)31-14-5-7-18-36(31)45(49)50;/h5-23,26H,1-4H3;/q-2;+2. The van der Waals surface area contributed by atoms with Gasteiger partial charge in [0.15, 0.2) is 0 Å². The van der Waals surface area contributed by atoms with Crippen LogP contribution in [0, 0.1) is 12.1 Å². The second kappa shape index (κ2) is 10.8. The molecule has 0 unspecified atom stereocenters. The molecule has 3 aromatic heterocycles. The van der Waals surface area contributed by atoms with Gasteiger partial charge in [-0.1, -0.05) is 111 Å². The van der Waals surface area contributed by atoms with Gasteiger partial charge in [-0.05, 0) is 40.2 Å². The molecule has 0 spiro atoms. The molecule has 6 nitrogen and oxygen atoms in total. The molecule has 0 aliphatic carbocycles. The van der Waals surface area contributed by atoms with Crippen molar-refractivity contribution in [1.29, 1.82) is 0 Å². The topological polar surface area (TPSA) is 45.9 Å². The molecule has 0 radical (unpaired) electrons. The van der Waals surface area contributed by atoms with E-state index in [4.69, 9.17) is 14.7 Å². The minimum absolute atomic E-state index is 0. The normalized spacial score (nSPS) is 15.7. The van der Waals surface area contributed by atoms with Crippen molar-refractivity contribution in [3.05, 3.63) is 145 Å². The van der Waals surface area contributed by atoms with Crippen molar-refractivity contribution in [3.8, 4) is 22.6 Å². The monoisotopic (exact) mass is 852 g/mol. The molecule has 252 valence electrons. The van der Waals surface area contributed by atoms with E-state index in [-0.39, 0.29) is 38.9 Å². The van der Waals surface area contributed by atoms with Crippen LogP contribution in [0.3, 0.4) is 0 Å². The molecule has 0 fully saturated rings. The Kier molecular flexibility index (Phi) is 6.52. The molecule has 3 aliphatic rings. The first-order valence-electron chi connectivity index (χ1n) is 17.5. The molecule has 52 heavy (non-hydrogen) atoms. The third kappa shape index (κ3) is 3.95. The molecule has 0 bridgehead atoms. The number of ether oxygens (including phenoxy) is 1. The Morgan fingerprint density at radius 1 is 0.654 bits per heavy atom. The maximum atomic E-state index is 6.61. The molecule has 6 heterocycles. The zero-order valence-corrected chi connectivity index (χ0v) is 31.4. The van der Waals surface area contributed by atoms with Crippen molar-refractivity contribution < 1.29 is 25.8 Å². The maximum absolute atomic E-state index is 6.61. The van der Waals surface area contributed by atoms with Crippen LogP contribution in [0.4, 0.5) is 22.9 Å². The minimum Gasteiger partial charge on any atom is -0.503 e. The third-order valence-electron chi connectivity index (χ3n) is 12.0. The van der Waals surface area contributed by atoms with E-state index in [0.29, 0.717) is 11.5 Å². The molecule has 0 amide bonds. The van der Waals surface area contributed by atoms with Crippen molar-refractivity contribution in [2.75, 3.05) is 9.62 Å². The van der Waals surface area contributed by atoms with Gasteiger partial charge in [-0.3, -0.25) is 4.98 Å². The first kappa shape index (κ1) is 31.4. The smallest absolute Gasteiger partial charge is 0.503 e. The predicted octanol–water partition coefficient (Wildman–Crippen LogP) is 9.66. The van der Waals surface area contributed by atoms with Crippen molar-refractivity contribution in [3.63, 3.8) is 0 Å². The number of aromatic nitrogens is 3. The summed E-state index contributed by atoms with van der Waals surface area (Å²) in [5.41, 5.74) is 11.3. The Bertz CT molecular complexity index is 2790. The average Bonchev–Trinajstić information content (AvgIpc) is 3.76. The molecule has 11 rings (SSSR count). The van der Waals surface area contributed by atoms with Crippen molar-refractivity contribution >= 4 is 62.6 Å². The molecule has 5 aromatic carbocycles. The maximum Gasteiger partial charge on any atom is 2.00 e. The van der Waals surface area contributed by atoms with Gasteiger partial charge < -0.3 is 18.8 Å². The van der Waals surface area contributed by atoms with Crippen LogP contribution >= 0.6 is 0 Å². The number of para-hydroxylation sites is 2. The Hall–Kier alpha value is -5.39. The summed E-state index contributed by atoms with van der Waals surface area (Å²) in [6.45, 7) is 9.22. The van der Waals surface area contributed by atoms with Gasteiger partial charge in [-0.2, -0.15) is 6.07 Å². The van der Waals surface area contributed by atoms with Gasteiger partial charge in [0.1, 0.15) is 5.82 Å². The molecular weight excluding hydrogens is 820 g/mol. The number of fused-ring (bicyclic) bond motifs is 11. The molecule has 8 aromatic rings. The first-order valence-corrected chi connectivity index (χ1v) is 17.5. The predicted molar refractivity (Wildman–Crippen MR) is 206 cm³/mol. The number of hydrogen-bond donors (Lipinski definition) is 0. The number of anilines is 4. The van der Waals surface area contributed by atoms with E-state index >= 15 is 0 Å². The van der Waals surface area contributed by atoms with E-state index in [0.717, 1.165) is 39.3 Å². The van der Waals surface area contributed by atoms with Crippen LogP contribution in [0.15, 0.2) is 122 Å². The molecule has 0 saturated carbocycles. The second-order valence-electron chi connectivity index (χ2n) is 14.9. The zero-order valence-electron chi connectivity index (χ0n) is 29.1. The zero-order chi connectivity index (χ0) is 34.2. The van der Waals surface area contributed by atoms with E-state index in [1.54, 1.807) is 0 Å². The summed E-state index contributed by atoms with van der Waals surface area (Å²) >= 11 is 0. The Balaban J connectivity index is 0.00000338. The average molecular weight is 853 g/mol. The Morgan fingerprint density at radius 2 is 1.42 bits per heavy atom. The molecule has 3 aliphatic heterocycles. The summed E-state index contributed by atoms with van der Waals surface area (Å²) in [5, 5.41) is 3.27. The van der Waals surface area contributed by atoms with Crippen molar-refractivity contribution in [1.82, 2.24) is 14.4 Å². The molecule has 0 saturated heterocycles. The van der Waals surface area contributed by atoms with Crippen LogP contribution in [-0.4, -0.2) is 21.4 Å². The van der Waals surface area contributed by atoms with Gasteiger partial charge in [0.2, 0.25) is 0 Å². The SMILES string of the molecule is CC1(C)c2cccc3c4ccc(Oc5[c-]c(N6B7c8ccccc8-c8ccccc8N7c7cccnc76)ccc5)[c-]c4c4ncc(n4c23)C1(C)C.[Pt+2]. The number of rotatable bonds is 3. The van der Waals surface area contributed by atoms with Gasteiger partial charge in [0.05, 0.1) is 11.3 Å². The van der Waals surface area contributed by atoms with E-state index in [2.05, 4.69) is 145 Å². The van der Waals surface area contributed by atoms with E-state index < -0.39 is 0 Å². The second-order valence-corrected chi connectivity index (χ2v) is 14.9. The van der Waals surface area contributed by atoms with Gasteiger partial charge in [-0.15, -0.1) is 30.3 Å². The summed E-state index contributed by atoms with van der Waals surface area (Å²) in [6, 6.07) is 45.6. The molecular formula is C44H32BN5OPt. The Labute approximate surface area is 317 Å². The number of pyridine rings is 2. The van der Waals surface area contributed by atoms with Crippen LogP contribution in [-0.2, 0) is 31.9 Å². The summed E-state index contributed by atoms with van der Waals surface area (Å²) in [5.74, 6) is 2.11. The van der Waals surface area contributed by atoms with Gasteiger partial charge in [0.25, 0.3) is 0 Å². The fourth-order valence-electron chi connectivity index (χ4n) is 8.84. The summed E-state index contributed by atoms with van der Waals surface area (Å²) in [6.07, 6.45) is 3.92. The molecule has 0 N–H and O–H groups in total. The number of nitrogens with zero attached hydrogens (tertiary/aromatic N) is 5. The Morgan fingerprint density at radius 3 is 2.31 bits per heavy atom. The molecule has 8 heteroatoms. The summed E-state index contributed by atoms with van der Waals surface area (Å²) in [7, 11) is 0. The van der Waals surface area contributed by atoms with E-state index in [1.807, 2.05) is 30.5 Å². The minimum atomic E-state index is -0.131. The van der Waals surface area contributed by atoms with E-state index in [9.17, 15) is 0 Å². The first-order chi connectivity index (χ1) is 24.8. The quantitative estimate of drug-likeness (QED) is 0.101. The van der Waals surface area contributed by atoms with Crippen LogP contribution in [0.1, 0.15) is 39.0 Å². The fourth-order valence-corrected chi connectivity index (χ4v) is 8.84. The van der Waals surface area contributed by atoms with Crippen LogP contribution < -0.4 is 19.8 Å². The largest absolute Gasteiger partial charge is 2.00 e. The van der Waals surface area contributed by atoms with Crippen molar-refractivity contribution in [2.24, 2.45) is 0 Å². The number of hydrogen-bond acceptors (Lipinski definition) is 5.